The third-order valence-corrected chi connectivity index (χ3v) is 6.01. The number of carbonyl (C=O) groups excluding carboxylic acids is 1. The summed E-state index contributed by atoms with van der Waals surface area (Å²) in [5.74, 6) is 0.796. The topological polar surface area (TPSA) is 64.3 Å². The molecule has 162 valence electrons. The van der Waals surface area contributed by atoms with Gasteiger partial charge in [0, 0.05) is 36.9 Å². The fraction of sp³-hybridized carbons (Fsp3) is 0.200. The summed E-state index contributed by atoms with van der Waals surface area (Å²) in [6, 6.07) is 25.2. The number of piperazine rings is 1. The molecule has 1 fully saturated rings. The zero-order chi connectivity index (χ0) is 21.9. The number of urea groups is 1. The third kappa shape index (κ3) is 4.47. The molecule has 0 saturated carbocycles. The number of H-pyrrole nitrogens is 1. The number of imidazole rings is 1. The van der Waals surface area contributed by atoms with E-state index in [1.165, 1.54) is 5.56 Å². The molecule has 0 radical (unpaired) electrons. The summed E-state index contributed by atoms with van der Waals surface area (Å²) in [7, 11) is 0. The number of nitrogens with one attached hydrogen (secondary N) is 2. The third-order valence-electron chi connectivity index (χ3n) is 5.77. The standard InChI is InChI=1S/C25H24ClN5O/c26-19-9-6-10-20(15-19)27-25(32)31-14-13-30(16-18-7-2-1-3-8-18)17-23(31)24-28-21-11-4-5-12-22(21)29-24/h1-12,15,23H,13-14,16-17H2,(H,27,32)(H,28,29). The summed E-state index contributed by atoms with van der Waals surface area (Å²) >= 11 is 6.09. The molecule has 1 atom stereocenters. The number of nitrogens with zero attached hydrogens (tertiary/aromatic N) is 3. The summed E-state index contributed by atoms with van der Waals surface area (Å²) in [5.41, 5.74) is 3.81. The zero-order valence-electron chi connectivity index (χ0n) is 17.5. The number of rotatable bonds is 4. The fourth-order valence-electron chi connectivity index (χ4n) is 4.19. The van der Waals surface area contributed by atoms with Gasteiger partial charge in [0.15, 0.2) is 0 Å². The van der Waals surface area contributed by atoms with Gasteiger partial charge < -0.3 is 15.2 Å². The lowest BCUT2D eigenvalue weighted by molar-refractivity contribution is 0.0923. The van der Waals surface area contributed by atoms with Crippen molar-refractivity contribution in [1.82, 2.24) is 19.8 Å². The van der Waals surface area contributed by atoms with Gasteiger partial charge >= 0.3 is 6.03 Å². The van der Waals surface area contributed by atoms with Crippen LogP contribution in [0.3, 0.4) is 0 Å². The number of hydrogen-bond donors (Lipinski definition) is 2. The summed E-state index contributed by atoms with van der Waals surface area (Å²) in [5, 5.41) is 3.58. The molecular weight excluding hydrogens is 422 g/mol. The van der Waals surface area contributed by atoms with E-state index < -0.39 is 0 Å². The number of hydrogen-bond acceptors (Lipinski definition) is 3. The lowest BCUT2D eigenvalue weighted by Gasteiger charge is -2.40. The number of aromatic nitrogens is 2. The molecule has 0 bridgehead atoms. The van der Waals surface area contributed by atoms with Crippen LogP contribution in [0.15, 0.2) is 78.9 Å². The molecule has 7 heteroatoms. The summed E-state index contributed by atoms with van der Waals surface area (Å²) in [6.45, 7) is 2.91. The number of anilines is 1. The molecule has 1 aromatic heterocycles. The molecule has 1 saturated heterocycles. The van der Waals surface area contributed by atoms with E-state index in [4.69, 9.17) is 16.6 Å². The Bertz CT molecular complexity index is 1190. The molecule has 4 aromatic rings. The number of para-hydroxylation sites is 2. The highest BCUT2D eigenvalue weighted by Crippen LogP contribution is 2.27. The van der Waals surface area contributed by atoms with Gasteiger partial charge in [-0.1, -0.05) is 60.1 Å². The normalized spacial score (nSPS) is 16.9. The van der Waals surface area contributed by atoms with Crippen LogP contribution in [0.2, 0.25) is 5.02 Å². The quantitative estimate of drug-likeness (QED) is 0.447. The second-order valence-electron chi connectivity index (χ2n) is 8.01. The minimum Gasteiger partial charge on any atom is -0.340 e. The monoisotopic (exact) mass is 445 g/mol. The second kappa shape index (κ2) is 9.02. The molecule has 6 nitrogen and oxygen atoms in total. The van der Waals surface area contributed by atoms with Crippen LogP contribution >= 0.6 is 11.6 Å². The van der Waals surface area contributed by atoms with E-state index in [2.05, 4.69) is 39.5 Å². The predicted octanol–water partition coefficient (Wildman–Crippen LogP) is 5.31. The maximum absolute atomic E-state index is 13.3. The molecular formula is C25H24ClN5O. The number of amides is 2. The highest BCUT2D eigenvalue weighted by molar-refractivity contribution is 6.30. The van der Waals surface area contributed by atoms with Gasteiger partial charge in [0.05, 0.1) is 11.0 Å². The van der Waals surface area contributed by atoms with Crippen molar-refractivity contribution < 1.29 is 4.79 Å². The molecule has 2 heterocycles. The Morgan fingerprint density at radius 2 is 1.84 bits per heavy atom. The first kappa shape index (κ1) is 20.5. The predicted molar refractivity (Wildman–Crippen MR) is 128 cm³/mol. The minimum atomic E-state index is -0.195. The number of aromatic amines is 1. The zero-order valence-corrected chi connectivity index (χ0v) is 18.3. The molecule has 32 heavy (non-hydrogen) atoms. The summed E-state index contributed by atoms with van der Waals surface area (Å²) in [6.07, 6.45) is 0. The van der Waals surface area contributed by atoms with Crippen molar-refractivity contribution in [3.63, 3.8) is 0 Å². The van der Waals surface area contributed by atoms with Crippen LogP contribution in [0, 0.1) is 0 Å². The Hall–Kier alpha value is -3.35. The van der Waals surface area contributed by atoms with Crippen molar-refractivity contribution in [3.8, 4) is 0 Å². The van der Waals surface area contributed by atoms with E-state index in [0.717, 1.165) is 29.9 Å². The van der Waals surface area contributed by atoms with Crippen molar-refractivity contribution in [3.05, 3.63) is 95.3 Å². The lowest BCUT2D eigenvalue weighted by Crippen LogP contribution is -2.51. The summed E-state index contributed by atoms with van der Waals surface area (Å²) in [4.78, 5) is 25.7. The van der Waals surface area contributed by atoms with Gasteiger partial charge in [0.25, 0.3) is 0 Å². The molecule has 0 aliphatic carbocycles. The molecule has 3 aromatic carbocycles. The van der Waals surface area contributed by atoms with E-state index in [-0.39, 0.29) is 12.1 Å². The van der Waals surface area contributed by atoms with Crippen LogP contribution in [-0.2, 0) is 6.54 Å². The van der Waals surface area contributed by atoms with Gasteiger partial charge in [0.1, 0.15) is 11.9 Å². The molecule has 1 unspecified atom stereocenters. The maximum Gasteiger partial charge on any atom is 0.322 e. The van der Waals surface area contributed by atoms with Crippen LogP contribution in [0.5, 0.6) is 0 Å². The largest absolute Gasteiger partial charge is 0.340 e. The Morgan fingerprint density at radius 1 is 1.03 bits per heavy atom. The Labute approximate surface area is 191 Å². The Kier molecular flexibility index (Phi) is 5.79. The van der Waals surface area contributed by atoms with E-state index in [1.54, 1.807) is 12.1 Å². The number of carbonyl (C=O) groups is 1. The van der Waals surface area contributed by atoms with Gasteiger partial charge in [-0.3, -0.25) is 4.90 Å². The highest BCUT2D eigenvalue weighted by atomic mass is 35.5. The van der Waals surface area contributed by atoms with E-state index in [0.29, 0.717) is 23.8 Å². The average molecular weight is 446 g/mol. The minimum absolute atomic E-state index is 0.155. The fourth-order valence-corrected chi connectivity index (χ4v) is 4.38. The Morgan fingerprint density at radius 3 is 2.66 bits per heavy atom. The maximum atomic E-state index is 13.3. The van der Waals surface area contributed by atoms with Gasteiger partial charge in [-0.25, -0.2) is 9.78 Å². The van der Waals surface area contributed by atoms with E-state index in [9.17, 15) is 4.79 Å². The van der Waals surface area contributed by atoms with Crippen LogP contribution in [0.4, 0.5) is 10.5 Å². The molecule has 2 amide bonds. The first-order chi connectivity index (χ1) is 15.7. The van der Waals surface area contributed by atoms with Gasteiger partial charge in [-0.15, -0.1) is 0 Å². The second-order valence-corrected chi connectivity index (χ2v) is 8.45. The van der Waals surface area contributed by atoms with Gasteiger partial charge in [0.2, 0.25) is 0 Å². The van der Waals surface area contributed by atoms with Crippen molar-refractivity contribution >= 4 is 34.4 Å². The van der Waals surface area contributed by atoms with Crippen molar-refractivity contribution in [2.24, 2.45) is 0 Å². The first-order valence-electron chi connectivity index (χ1n) is 10.7. The van der Waals surface area contributed by atoms with E-state index in [1.807, 2.05) is 47.4 Å². The van der Waals surface area contributed by atoms with Crippen LogP contribution in [0.25, 0.3) is 11.0 Å². The SMILES string of the molecule is O=C(Nc1cccc(Cl)c1)N1CCN(Cc2ccccc2)CC1c1nc2ccccc2[nH]1. The number of fused-ring (bicyclic) bond motifs is 1. The lowest BCUT2D eigenvalue weighted by atomic mass is 10.1. The molecule has 0 spiro atoms. The summed E-state index contributed by atoms with van der Waals surface area (Å²) < 4.78 is 0. The van der Waals surface area contributed by atoms with Crippen molar-refractivity contribution in [2.45, 2.75) is 12.6 Å². The van der Waals surface area contributed by atoms with E-state index >= 15 is 0 Å². The van der Waals surface area contributed by atoms with Crippen LogP contribution in [0.1, 0.15) is 17.4 Å². The van der Waals surface area contributed by atoms with Crippen molar-refractivity contribution in [1.29, 1.82) is 0 Å². The molecule has 5 rings (SSSR count). The molecule has 1 aliphatic heterocycles. The highest BCUT2D eigenvalue weighted by Gasteiger charge is 2.33. The molecule has 1 aliphatic rings. The van der Waals surface area contributed by atoms with Crippen LogP contribution < -0.4 is 5.32 Å². The molecule has 2 N–H and O–H groups in total. The Balaban J connectivity index is 1.41. The first-order valence-corrected chi connectivity index (χ1v) is 11.1. The van der Waals surface area contributed by atoms with Gasteiger partial charge in [-0.2, -0.15) is 0 Å². The number of halogens is 1. The smallest absolute Gasteiger partial charge is 0.322 e. The average Bonchev–Trinajstić information content (AvgIpc) is 3.24. The number of benzene rings is 3. The van der Waals surface area contributed by atoms with Crippen molar-refractivity contribution in [2.75, 3.05) is 25.0 Å². The van der Waals surface area contributed by atoms with Gasteiger partial charge in [-0.05, 0) is 35.9 Å². The van der Waals surface area contributed by atoms with Crippen LogP contribution in [-0.4, -0.2) is 45.4 Å².